The summed E-state index contributed by atoms with van der Waals surface area (Å²) in [5.41, 5.74) is 0.859. The molecule has 0 N–H and O–H groups in total. The van der Waals surface area contributed by atoms with Gasteiger partial charge in [-0.05, 0) is 37.0 Å². The van der Waals surface area contributed by atoms with Gasteiger partial charge in [-0.3, -0.25) is 4.79 Å². The first-order valence-electron chi connectivity index (χ1n) is 9.30. The van der Waals surface area contributed by atoms with E-state index in [-0.39, 0.29) is 11.3 Å². The van der Waals surface area contributed by atoms with Crippen molar-refractivity contribution in [1.29, 1.82) is 0 Å². The Morgan fingerprint density at radius 3 is 2.80 bits per heavy atom. The molecule has 7 nitrogen and oxygen atoms in total. The van der Waals surface area contributed by atoms with Gasteiger partial charge in [0.25, 0.3) is 5.91 Å². The lowest BCUT2D eigenvalue weighted by Crippen LogP contribution is -2.38. The van der Waals surface area contributed by atoms with Crippen LogP contribution in [-0.2, 0) is 13.6 Å². The van der Waals surface area contributed by atoms with Crippen molar-refractivity contribution in [3.05, 3.63) is 30.4 Å². The number of hydrogen-bond acceptors (Lipinski definition) is 4. The Balaban J connectivity index is 1.43. The number of imidazole rings is 1. The van der Waals surface area contributed by atoms with E-state index in [9.17, 15) is 4.79 Å². The Labute approximate surface area is 147 Å². The fourth-order valence-electron chi connectivity index (χ4n) is 4.59. The monoisotopic (exact) mass is 340 g/mol. The smallest absolute Gasteiger partial charge is 0.272 e. The molecule has 1 aliphatic heterocycles. The first kappa shape index (κ1) is 15.1. The molecule has 1 saturated heterocycles. The number of carbonyl (C=O) groups excluding carboxylic acids is 1. The van der Waals surface area contributed by atoms with Crippen molar-refractivity contribution in [2.24, 2.45) is 18.4 Å². The number of amides is 1. The van der Waals surface area contributed by atoms with Gasteiger partial charge in [0, 0.05) is 32.6 Å². The maximum absolute atomic E-state index is 13.0. The molecule has 1 atom stereocenters. The predicted molar refractivity (Wildman–Crippen MR) is 90.9 cm³/mol. The van der Waals surface area contributed by atoms with Crippen molar-refractivity contribution >= 4 is 5.91 Å². The lowest BCUT2D eigenvalue weighted by atomic mass is 9.62. The number of rotatable bonds is 4. The van der Waals surface area contributed by atoms with E-state index >= 15 is 0 Å². The summed E-state index contributed by atoms with van der Waals surface area (Å²) in [7, 11) is 1.87. The number of carbonyl (C=O) groups is 1. The lowest BCUT2D eigenvalue weighted by molar-refractivity contribution is 0.0714. The van der Waals surface area contributed by atoms with Crippen molar-refractivity contribution in [2.75, 3.05) is 13.1 Å². The third kappa shape index (κ3) is 2.40. The third-order valence-corrected chi connectivity index (χ3v) is 6.43. The molecule has 1 amide bonds. The van der Waals surface area contributed by atoms with Gasteiger partial charge in [0.2, 0.25) is 0 Å². The van der Waals surface area contributed by atoms with Gasteiger partial charge in [0.15, 0.2) is 0 Å². The SMILES string of the molecule is Cn1cncc1C(=O)N1CC(c2nncn2CC2CC2)C2(CCC2)C1. The van der Waals surface area contributed by atoms with Crippen LogP contribution in [-0.4, -0.2) is 48.2 Å². The van der Waals surface area contributed by atoms with E-state index in [2.05, 4.69) is 19.7 Å². The normalized spacial score (nSPS) is 24.7. The summed E-state index contributed by atoms with van der Waals surface area (Å²) < 4.78 is 4.05. The highest BCUT2D eigenvalue weighted by Crippen LogP contribution is 2.55. The van der Waals surface area contributed by atoms with Crippen LogP contribution in [0.3, 0.4) is 0 Å². The summed E-state index contributed by atoms with van der Waals surface area (Å²) in [6, 6.07) is 0. The van der Waals surface area contributed by atoms with Crippen LogP contribution in [0.15, 0.2) is 18.9 Å². The second kappa shape index (κ2) is 5.41. The molecule has 2 saturated carbocycles. The van der Waals surface area contributed by atoms with E-state index in [1.54, 1.807) is 17.1 Å². The largest absolute Gasteiger partial charge is 0.336 e. The first-order chi connectivity index (χ1) is 12.2. The molecular weight excluding hydrogens is 316 g/mol. The van der Waals surface area contributed by atoms with Crippen molar-refractivity contribution in [1.82, 2.24) is 29.2 Å². The van der Waals surface area contributed by atoms with Crippen LogP contribution in [0, 0.1) is 11.3 Å². The van der Waals surface area contributed by atoms with Crippen LogP contribution in [0.4, 0.5) is 0 Å². The van der Waals surface area contributed by atoms with Crippen molar-refractivity contribution in [3.63, 3.8) is 0 Å². The van der Waals surface area contributed by atoms with Crippen LogP contribution >= 0.6 is 0 Å². The third-order valence-electron chi connectivity index (χ3n) is 6.43. The average molecular weight is 340 g/mol. The van der Waals surface area contributed by atoms with E-state index in [1.807, 2.05) is 18.3 Å². The fraction of sp³-hybridized carbons (Fsp3) is 0.667. The maximum Gasteiger partial charge on any atom is 0.272 e. The molecule has 0 bridgehead atoms. The van der Waals surface area contributed by atoms with Gasteiger partial charge in [0.05, 0.1) is 12.5 Å². The summed E-state index contributed by atoms with van der Waals surface area (Å²) in [6.45, 7) is 2.61. The number of hydrogen-bond donors (Lipinski definition) is 0. The number of aryl methyl sites for hydroxylation is 1. The van der Waals surface area contributed by atoms with Crippen molar-refractivity contribution in [3.8, 4) is 0 Å². The molecule has 1 spiro atoms. The first-order valence-corrected chi connectivity index (χ1v) is 9.30. The van der Waals surface area contributed by atoms with E-state index < -0.39 is 0 Å². The van der Waals surface area contributed by atoms with Gasteiger partial charge in [-0.1, -0.05) is 6.42 Å². The summed E-state index contributed by atoms with van der Waals surface area (Å²) in [6.07, 6.45) is 11.5. The zero-order chi connectivity index (χ0) is 17.0. The minimum absolute atomic E-state index is 0.0852. The summed E-state index contributed by atoms with van der Waals surface area (Å²) in [4.78, 5) is 19.1. The molecule has 3 fully saturated rings. The second-order valence-corrected chi connectivity index (χ2v) is 8.13. The second-order valence-electron chi connectivity index (χ2n) is 8.13. The molecule has 132 valence electrons. The predicted octanol–water partition coefficient (Wildman–Crippen LogP) is 1.83. The Morgan fingerprint density at radius 1 is 1.32 bits per heavy atom. The molecule has 3 heterocycles. The molecule has 3 aliphatic rings. The number of likely N-dealkylation sites (tertiary alicyclic amines) is 1. The van der Waals surface area contributed by atoms with Crippen molar-refractivity contribution in [2.45, 2.75) is 44.6 Å². The molecule has 5 rings (SSSR count). The summed E-state index contributed by atoms with van der Waals surface area (Å²) in [5, 5.41) is 8.69. The highest BCUT2D eigenvalue weighted by Gasteiger charge is 2.54. The molecule has 2 aromatic rings. The van der Waals surface area contributed by atoms with E-state index in [0.717, 1.165) is 31.4 Å². The minimum Gasteiger partial charge on any atom is -0.336 e. The highest BCUT2D eigenvalue weighted by molar-refractivity contribution is 5.92. The molecular formula is C18H24N6O. The van der Waals surface area contributed by atoms with Crippen LogP contribution in [0.5, 0.6) is 0 Å². The number of aromatic nitrogens is 5. The van der Waals surface area contributed by atoms with E-state index in [0.29, 0.717) is 11.6 Å². The van der Waals surface area contributed by atoms with Gasteiger partial charge in [-0.25, -0.2) is 4.98 Å². The Bertz CT molecular complexity index is 800. The fourth-order valence-corrected chi connectivity index (χ4v) is 4.59. The standard InChI is InChI=1S/C18H24N6O/c1-22-11-19-7-15(22)17(25)23-9-14(18(10-23)5-2-6-18)16-21-20-12-24(16)8-13-3-4-13/h7,11-14H,2-6,8-10H2,1H3. The van der Waals surface area contributed by atoms with Crippen LogP contribution < -0.4 is 0 Å². The lowest BCUT2D eigenvalue weighted by Gasteiger charge is -2.42. The molecule has 2 aliphatic carbocycles. The molecule has 7 heteroatoms. The number of nitrogens with zero attached hydrogens (tertiary/aromatic N) is 6. The molecule has 0 radical (unpaired) electrons. The van der Waals surface area contributed by atoms with Gasteiger partial charge < -0.3 is 14.0 Å². The summed E-state index contributed by atoms with van der Waals surface area (Å²) >= 11 is 0. The van der Waals surface area contributed by atoms with E-state index in [1.165, 1.54) is 32.1 Å². The van der Waals surface area contributed by atoms with Gasteiger partial charge in [0.1, 0.15) is 17.8 Å². The zero-order valence-corrected chi connectivity index (χ0v) is 14.6. The topological polar surface area (TPSA) is 68.8 Å². The molecule has 25 heavy (non-hydrogen) atoms. The average Bonchev–Trinajstić information content (AvgIpc) is 2.98. The highest BCUT2D eigenvalue weighted by atomic mass is 16.2. The minimum atomic E-state index is 0.0852. The van der Waals surface area contributed by atoms with Gasteiger partial charge in [-0.15, -0.1) is 10.2 Å². The van der Waals surface area contributed by atoms with Crippen LogP contribution in [0.1, 0.15) is 54.3 Å². The van der Waals surface area contributed by atoms with Gasteiger partial charge in [-0.2, -0.15) is 0 Å². The quantitative estimate of drug-likeness (QED) is 0.851. The van der Waals surface area contributed by atoms with E-state index in [4.69, 9.17) is 0 Å². The molecule has 1 unspecified atom stereocenters. The zero-order valence-electron chi connectivity index (χ0n) is 14.6. The Kier molecular flexibility index (Phi) is 3.27. The van der Waals surface area contributed by atoms with Crippen LogP contribution in [0.2, 0.25) is 0 Å². The summed E-state index contributed by atoms with van der Waals surface area (Å²) in [5.74, 6) is 2.27. The Morgan fingerprint density at radius 2 is 2.16 bits per heavy atom. The van der Waals surface area contributed by atoms with Crippen molar-refractivity contribution < 1.29 is 4.79 Å². The van der Waals surface area contributed by atoms with Crippen LogP contribution in [0.25, 0.3) is 0 Å². The molecule has 2 aromatic heterocycles. The van der Waals surface area contributed by atoms with Gasteiger partial charge >= 0.3 is 0 Å². The maximum atomic E-state index is 13.0. The Hall–Kier alpha value is -2.18. The molecule has 0 aromatic carbocycles.